The maximum Gasteiger partial charge on any atom is 0.319 e. The predicted octanol–water partition coefficient (Wildman–Crippen LogP) is 2.91. The normalized spacial score (nSPS) is 14.0. The number of hydrogen-bond donors (Lipinski definition) is 2. The van der Waals surface area contributed by atoms with Crippen molar-refractivity contribution in [2.45, 2.75) is 19.4 Å². The fourth-order valence-corrected chi connectivity index (χ4v) is 3.97. The number of aromatic nitrogens is 1. The molecule has 4 rings (SSSR count). The summed E-state index contributed by atoms with van der Waals surface area (Å²) in [4.78, 5) is 13.6. The second-order valence-electron chi connectivity index (χ2n) is 6.67. The van der Waals surface area contributed by atoms with Crippen molar-refractivity contribution in [1.82, 2.24) is 9.88 Å². The molecule has 0 spiro atoms. The van der Waals surface area contributed by atoms with Crippen LogP contribution in [0.3, 0.4) is 0 Å². The fourth-order valence-electron chi connectivity index (χ4n) is 3.97. The SMILES string of the molecule is NC(=O)N(CCn1c2c(c3ccccc31)CCNCC2)c1ccccc1. The number of carbonyl (C=O) groups is 1. The summed E-state index contributed by atoms with van der Waals surface area (Å²) in [7, 11) is 0. The Labute approximate surface area is 153 Å². The second kappa shape index (κ2) is 7.22. The molecule has 0 atom stereocenters. The highest BCUT2D eigenvalue weighted by molar-refractivity contribution is 5.90. The Morgan fingerprint density at radius 3 is 2.58 bits per heavy atom. The molecule has 0 aliphatic carbocycles. The first-order valence-electron chi connectivity index (χ1n) is 9.17. The van der Waals surface area contributed by atoms with Crippen LogP contribution in [0.25, 0.3) is 10.9 Å². The van der Waals surface area contributed by atoms with Crippen molar-refractivity contribution >= 4 is 22.6 Å². The molecule has 2 heterocycles. The smallest absolute Gasteiger partial charge is 0.319 e. The molecule has 5 nitrogen and oxygen atoms in total. The lowest BCUT2D eigenvalue weighted by molar-refractivity contribution is 0.253. The zero-order chi connectivity index (χ0) is 17.9. The number of amides is 2. The molecule has 26 heavy (non-hydrogen) atoms. The highest BCUT2D eigenvalue weighted by Gasteiger charge is 2.20. The van der Waals surface area contributed by atoms with Crippen molar-refractivity contribution in [1.29, 1.82) is 0 Å². The van der Waals surface area contributed by atoms with Gasteiger partial charge in [0.2, 0.25) is 0 Å². The number of carbonyl (C=O) groups excluding carboxylic acids is 1. The number of fused-ring (bicyclic) bond motifs is 3. The zero-order valence-electron chi connectivity index (χ0n) is 14.8. The third kappa shape index (κ3) is 3.06. The highest BCUT2D eigenvalue weighted by atomic mass is 16.2. The average molecular weight is 348 g/mol. The largest absolute Gasteiger partial charge is 0.351 e. The zero-order valence-corrected chi connectivity index (χ0v) is 14.8. The van der Waals surface area contributed by atoms with E-state index in [-0.39, 0.29) is 0 Å². The number of nitrogens with one attached hydrogen (secondary N) is 1. The molecule has 0 radical (unpaired) electrons. The lowest BCUT2D eigenvalue weighted by Crippen LogP contribution is -2.38. The Morgan fingerprint density at radius 1 is 1.04 bits per heavy atom. The maximum atomic E-state index is 12.0. The van der Waals surface area contributed by atoms with Gasteiger partial charge in [0.15, 0.2) is 0 Å². The monoisotopic (exact) mass is 348 g/mol. The quantitative estimate of drug-likeness (QED) is 0.761. The highest BCUT2D eigenvalue weighted by Crippen LogP contribution is 2.28. The van der Waals surface area contributed by atoms with E-state index in [9.17, 15) is 4.79 Å². The molecule has 0 bridgehead atoms. The molecular formula is C21H24N4O. The van der Waals surface area contributed by atoms with Gasteiger partial charge in [-0.15, -0.1) is 0 Å². The van der Waals surface area contributed by atoms with E-state index >= 15 is 0 Å². The summed E-state index contributed by atoms with van der Waals surface area (Å²) < 4.78 is 2.37. The summed E-state index contributed by atoms with van der Waals surface area (Å²) >= 11 is 0. The number of nitrogens with zero attached hydrogens (tertiary/aromatic N) is 2. The van der Waals surface area contributed by atoms with Crippen molar-refractivity contribution in [3.63, 3.8) is 0 Å². The Hall–Kier alpha value is -2.79. The molecule has 3 N–H and O–H groups in total. The second-order valence-corrected chi connectivity index (χ2v) is 6.67. The Kier molecular flexibility index (Phi) is 4.63. The molecule has 0 saturated heterocycles. The van der Waals surface area contributed by atoms with Gasteiger partial charge in [0.25, 0.3) is 0 Å². The van der Waals surface area contributed by atoms with Gasteiger partial charge in [0.1, 0.15) is 0 Å². The van der Waals surface area contributed by atoms with E-state index in [0.29, 0.717) is 6.54 Å². The number of anilines is 1. The van der Waals surface area contributed by atoms with Crippen molar-refractivity contribution in [2.75, 3.05) is 24.5 Å². The number of primary amides is 1. The molecule has 2 amide bonds. The summed E-state index contributed by atoms with van der Waals surface area (Å²) in [6, 6.07) is 17.8. The van der Waals surface area contributed by atoms with Gasteiger partial charge in [0, 0.05) is 48.3 Å². The van der Waals surface area contributed by atoms with Gasteiger partial charge in [0.05, 0.1) is 0 Å². The molecule has 1 aromatic heterocycles. The van der Waals surface area contributed by atoms with Crippen LogP contribution in [-0.4, -0.2) is 30.2 Å². The van der Waals surface area contributed by atoms with E-state index in [1.54, 1.807) is 4.90 Å². The van der Waals surface area contributed by atoms with Crippen molar-refractivity contribution in [3.05, 3.63) is 65.9 Å². The standard InChI is InChI=1S/C21H24N4O/c22-21(26)24(16-6-2-1-3-7-16)14-15-25-19-9-5-4-8-17(19)18-10-12-23-13-11-20(18)25/h1-9,23H,10-15H2,(H2,22,26). The maximum absolute atomic E-state index is 12.0. The number of para-hydroxylation sites is 2. The minimum atomic E-state index is -0.416. The average Bonchev–Trinajstić information content (AvgIpc) is 2.81. The summed E-state index contributed by atoms with van der Waals surface area (Å²) in [5, 5.41) is 4.81. The van der Waals surface area contributed by atoms with Crippen molar-refractivity contribution < 1.29 is 4.79 Å². The first kappa shape index (κ1) is 16.7. The van der Waals surface area contributed by atoms with Crippen LogP contribution in [0.5, 0.6) is 0 Å². The first-order chi connectivity index (χ1) is 12.8. The Bertz CT molecular complexity index is 916. The fraction of sp³-hybridized carbons (Fsp3) is 0.286. The number of benzene rings is 2. The van der Waals surface area contributed by atoms with Gasteiger partial charge in [-0.25, -0.2) is 4.79 Å². The summed E-state index contributed by atoms with van der Waals surface area (Å²) in [5.41, 5.74) is 10.6. The topological polar surface area (TPSA) is 63.3 Å². The molecule has 5 heteroatoms. The van der Waals surface area contributed by atoms with Gasteiger partial charge in [-0.1, -0.05) is 36.4 Å². The Balaban J connectivity index is 1.68. The van der Waals surface area contributed by atoms with E-state index in [1.165, 1.54) is 22.2 Å². The van der Waals surface area contributed by atoms with Gasteiger partial charge in [-0.05, 0) is 36.7 Å². The predicted molar refractivity (Wildman–Crippen MR) is 106 cm³/mol. The summed E-state index contributed by atoms with van der Waals surface area (Å²) in [6.07, 6.45) is 2.05. The number of hydrogen-bond acceptors (Lipinski definition) is 2. The first-order valence-corrected chi connectivity index (χ1v) is 9.17. The van der Waals surface area contributed by atoms with Crippen molar-refractivity contribution in [3.8, 4) is 0 Å². The van der Waals surface area contributed by atoms with Crippen LogP contribution < -0.4 is 16.0 Å². The minimum absolute atomic E-state index is 0.416. The van der Waals surface area contributed by atoms with Crippen LogP contribution in [0.2, 0.25) is 0 Å². The number of nitrogens with two attached hydrogens (primary N) is 1. The molecule has 2 aromatic carbocycles. The molecular weight excluding hydrogens is 324 g/mol. The lowest BCUT2D eigenvalue weighted by atomic mass is 10.1. The van der Waals surface area contributed by atoms with Gasteiger partial charge in [-0.2, -0.15) is 0 Å². The summed E-state index contributed by atoms with van der Waals surface area (Å²) in [6.45, 7) is 3.28. The molecule has 0 unspecified atom stereocenters. The molecule has 3 aromatic rings. The van der Waals surface area contributed by atoms with E-state index in [4.69, 9.17) is 5.73 Å². The summed E-state index contributed by atoms with van der Waals surface area (Å²) in [5.74, 6) is 0. The Morgan fingerprint density at radius 2 is 1.77 bits per heavy atom. The lowest BCUT2D eigenvalue weighted by Gasteiger charge is -2.22. The van der Waals surface area contributed by atoms with Crippen LogP contribution in [0.4, 0.5) is 10.5 Å². The molecule has 0 fully saturated rings. The van der Waals surface area contributed by atoms with E-state index in [0.717, 1.165) is 38.2 Å². The molecule has 134 valence electrons. The molecule has 1 aliphatic rings. The van der Waals surface area contributed by atoms with E-state index < -0.39 is 6.03 Å². The van der Waals surface area contributed by atoms with Crippen LogP contribution >= 0.6 is 0 Å². The molecule has 1 aliphatic heterocycles. The third-order valence-electron chi connectivity index (χ3n) is 5.17. The van der Waals surface area contributed by atoms with Crippen LogP contribution in [0.1, 0.15) is 11.3 Å². The van der Waals surface area contributed by atoms with Crippen LogP contribution in [0, 0.1) is 0 Å². The van der Waals surface area contributed by atoms with Gasteiger partial charge >= 0.3 is 6.03 Å². The van der Waals surface area contributed by atoms with Crippen LogP contribution in [-0.2, 0) is 19.4 Å². The minimum Gasteiger partial charge on any atom is -0.351 e. The van der Waals surface area contributed by atoms with Gasteiger partial charge in [-0.3, -0.25) is 4.90 Å². The third-order valence-corrected chi connectivity index (χ3v) is 5.17. The number of rotatable bonds is 4. The molecule has 0 saturated carbocycles. The van der Waals surface area contributed by atoms with Crippen molar-refractivity contribution in [2.24, 2.45) is 5.73 Å². The van der Waals surface area contributed by atoms with E-state index in [2.05, 4.69) is 34.1 Å². The van der Waals surface area contributed by atoms with E-state index in [1.807, 2.05) is 30.3 Å². The van der Waals surface area contributed by atoms with Crippen LogP contribution in [0.15, 0.2) is 54.6 Å². The number of urea groups is 1. The van der Waals surface area contributed by atoms with Gasteiger partial charge < -0.3 is 15.6 Å².